The number of carbonyl (C=O) groups is 1. The molecule has 1 aliphatic rings. The van der Waals surface area contributed by atoms with Crippen LogP contribution in [0.4, 0.5) is 5.13 Å². The van der Waals surface area contributed by atoms with E-state index in [0.29, 0.717) is 13.0 Å². The van der Waals surface area contributed by atoms with Crippen LogP contribution < -0.4 is 9.64 Å². The summed E-state index contributed by atoms with van der Waals surface area (Å²) >= 11 is 9.10. The van der Waals surface area contributed by atoms with Crippen LogP contribution in [0, 0.1) is 0 Å². The number of hydrogen-bond donors (Lipinski definition) is 0. The van der Waals surface area contributed by atoms with Crippen LogP contribution in [0.5, 0.6) is 5.75 Å². The Morgan fingerprint density at radius 3 is 2.70 bits per heavy atom. The van der Waals surface area contributed by atoms with E-state index < -0.39 is 0 Å². The highest BCUT2D eigenvalue weighted by molar-refractivity contribution is 7.22. The van der Waals surface area contributed by atoms with Crippen LogP contribution in [0.15, 0.2) is 30.3 Å². The predicted molar refractivity (Wildman–Crippen MR) is 113 cm³/mol. The van der Waals surface area contributed by atoms with Gasteiger partial charge in [-0.1, -0.05) is 22.9 Å². The summed E-state index contributed by atoms with van der Waals surface area (Å²) in [5, 5.41) is 1.01. The van der Waals surface area contributed by atoms with Crippen LogP contribution in [0.2, 0.25) is 4.34 Å². The summed E-state index contributed by atoms with van der Waals surface area (Å²) in [5.74, 6) is 1.04. The Morgan fingerprint density at radius 2 is 2.00 bits per heavy atom. The highest BCUT2D eigenvalue weighted by Gasteiger charge is 2.23. The molecule has 1 amide bonds. The molecule has 1 fully saturated rings. The Bertz CT molecular complexity index is 947. The maximum Gasteiger partial charge on any atom is 0.227 e. The lowest BCUT2D eigenvalue weighted by atomic mass is 10.2. The fourth-order valence-electron chi connectivity index (χ4n) is 3.14. The number of carbonyl (C=O) groups excluding carboxylic acids is 1. The quantitative estimate of drug-likeness (QED) is 0.616. The number of thiazole rings is 1. The first-order valence-corrected chi connectivity index (χ1v) is 10.9. The molecule has 0 atom stereocenters. The topological polar surface area (TPSA) is 45.7 Å². The van der Waals surface area contributed by atoms with E-state index in [0.717, 1.165) is 56.5 Å². The second kappa shape index (κ2) is 8.04. The highest BCUT2D eigenvalue weighted by atomic mass is 35.5. The van der Waals surface area contributed by atoms with Gasteiger partial charge >= 0.3 is 0 Å². The van der Waals surface area contributed by atoms with Gasteiger partial charge in [0.25, 0.3) is 0 Å². The maximum absolute atomic E-state index is 12.5. The number of thiophene rings is 1. The number of aromatic nitrogens is 1. The van der Waals surface area contributed by atoms with Crippen LogP contribution >= 0.6 is 34.3 Å². The molecule has 3 aromatic rings. The lowest BCUT2D eigenvalue weighted by Crippen LogP contribution is -2.49. The number of hydrogen-bond acceptors (Lipinski definition) is 6. The third kappa shape index (κ3) is 4.20. The molecule has 3 heterocycles. The van der Waals surface area contributed by atoms with Crippen molar-refractivity contribution in [3.63, 3.8) is 0 Å². The molecule has 1 aromatic carbocycles. The molecule has 27 heavy (non-hydrogen) atoms. The average molecular weight is 422 g/mol. The summed E-state index contributed by atoms with van der Waals surface area (Å²) in [7, 11) is 0. The van der Waals surface area contributed by atoms with Crippen molar-refractivity contribution in [1.82, 2.24) is 9.88 Å². The third-order valence-electron chi connectivity index (χ3n) is 4.52. The number of piperazine rings is 1. The minimum Gasteiger partial charge on any atom is -0.494 e. The Kier molecular flexibility index (Phi) is 5.52. The molecule has 1 saturated heterocycles. The van der Waals surface area contributed by atoms with Crippen molar-refractivity contribution in [2.45, 2.75) is 13.3 Å². The van der Waals surface area contributed by atoms with Crippen molar-refractivity contribution >= 4 is 55.5 Å². The maximum atomic E-state index is 12.5. The Hall–Kier alpha value is -1.83. The Balaban J connectivity index is 1.38. The van der Waals surface area contributed by atoms with Gasteiger partial charge in [0.05, 0.1) is 27.6 Å². The van der Waals surface area contributed by atoms with Gasteiger partial charge in [-0.3, -0.25) is 4.79 Å². The number of fused-ring (bicyclic) bond motifs is 1. The van der Waals surface area contributed by atoms with Gasteiger partial charge in [0.15, 0.2) is 5.13 Å². The number of rotatable bonds is 5. The largest absolute Gasteiger partial charge is 0.494 e. The van der Waals surface area contributed by atoms with Crippen LogP contribution in [0.3, 0.4) is 0 Å². The molecule has 0 unspecified atom stereocenters. The van der Waals surface area contributed by atoms with Crippen molar-refractivity contribution in [1.29, 1.82) is 0 Å². The van der Waals surface area contributed by atoms with Crippen LogP contribution in [0.25, 0.3) is 10.2 Å². The van der Waals surface area contributed by atoms with Crippen molar-refractivity contribution in [3.05, 3.63) is 39.5 Å². The smallest absolute Gasteiger partial charge is 0.227 e. The molecule has 142 valence electrons. The molecular weight excluding hydrogens is 402 g/mol. The fourth-order valence-corrected chi connectivity index (χ4v) is 5.26. The van der Waals surface area contributed by atoms with Gasteiger partial charge < -0.3 is 14.5 Å². The van der Waals surface area contributed by atoms with Crippen LogP contribution in [0.1, 0.15) is 11.8 Å². The number of ether oxygens (including phenoxy) is 1. The molecule has 0 bridgehead atoms. The van der Waals surface area contributed by atoms with Gasteiger partial charge in [0.2, 0.25) is 5.91 Å². The molecule has 4 rings (SSSR count). The monoisotopic (exact) mass is 421 g/mol. The minimum absolute atomic E-state index is 0.166. The first-order chi connectivity index (χ1) is 13.1. The molecule has 0 spiro atoms. The van der Waals surface area contributed by atoms with Gasteiger partial charge in [0, 0.05) is 31.1 Å². The minimum atomic E-state index is 0.166. The summed E-state index contributed by atoms with van der Waals surface area (Å²) < 4.78 is 7.43. The van der Waals surface area contributed by atoms with Gasteiger partial charge in [-0.05, 0) is 37.3 Å². The SMILES string of the molecule is CCOc1ccc2nc(N3CCN(C(=O)Cc4ccc(Cl)s4)CC3)sc2c1. The Labute approximate surface area is 171 Å². The zero-order valence-electron chi connectivity index (χ0n) is 15.0. The van der Waals surface area contributed by atoms with Gasteiger partial charge in [-0.2, -0.15) is 0 Å². The van der Waals surface area contributed by atoms with Gasteiger partial charge in [-0.25, -0.2) is 4.98 Å². The van der Waals surface area contributed by atoms with E-state index in [9.17, 15) is 4.79 Å². The van der Waals surface area contributed by atoms with E-state index in [-0.39, 0.29) is 5.91 Å². The van der Waals surface area contributed by atoms with E-state index in [4.69, 9.17) is 21.3 Å². The van der Waals surface area contributed by atoms with Crippen molar-refractivity contribution in [2.24, 2.45) is 0 Å². The summed E-state index contributed by atoms with van der Waals surface area (Å²) in [6.07, 6.45) is 0.429. The number of amides is 1. The fraction of sp³-hybridized carbons (Fsp3) is 0.368. The standard InChI is InChI=1S/C19H20ClN3O2S2/c1-2-25-13-3-5-15-16(11-13)27-19(21-15)23-9-7-22(8-10-23)18(24)12-14-4-6-17(20)26-14/h3-6,11H,2,7-10,12H2,1H3. The molecule has 0 radical (unpaired) electrons. The number of benzene rings is 1. The molecule has 0 N–H and O–H groups in total. The number of halogens is 1. The summed E-state index contributed by atoms with van der Waals surface area (Å²) in [4.78, 5) is 22.5. The predicted octanol–water partition coefficient (Wildman–Crippen LogP) is 4.30. The van der Waals surface area contributed by atoms with Crippen LogP contribution in [-0.2, 0) is 11.2 Å². The zero-order chi connectivity index (χ0) is 18.8. The lowest BCUT2D eigenvalue weighted by Gasteiger charge is -2.34. The first-order valence-electron chi connectivity index (χ1n) is 8.92. The molecule has 5 nitrogen and oxygen atoms in total. The molecule has 0 saturated carbocycles. The molecule has 1 aliphatic heterocycles. The van der Waals surface area contributed by atoms with E-state index >= 15 is 0 Å². The Morgan fingerprint density at radius 1 is 1.19 bits per heavy atom. The van der Waals surface area contributed by atoms with Gasteiger partial charge in [0.1, 0.15) is 5.75 Å². The lowest BCUT2D eigenvalue weighted by molar-refractivity contribution is -0.130. The van der Waals surface area contributed by atoms with Gasteiger partial charge in [-0.15, -0.1) is 11.3 Å². The normalized spacial score (nSPS) is 14.7. The average Bonchev–Trinajstić information content (AvgIpc) is 3.27. The van der Waals surface area contributed by atoms with Crippen molar-refractivity contribution in [3.8, 4) is 5.75 Å². The van der Waals surface area contributed by atoms with Crippen molar-refractivity contribution in [2.75, 3.05) is 37.7 Å². The van der Waals surface area contributed by atoms with E-state index in [1.165, 1.54) is 11.3 Å². The molecule has 0 aliphatic carbocycles. The number of nitrogens with zero attached hydrogens (tertiary/aromatic N) is 3. The first kappa shape index (κ1) is 18.5. The molecular formula is C19H20ClN3O2S2. The second-order valence-corrected chi connectivity index (χ2v) is 9.12. The molecule has 8 heteroatoms. The van der Waals surface area contributed by atoms with Crippen molar-refractivity contribution < 1.29 is 9.53 Å². The van der Waals surface area contributed by atoms with E-state index in [2.05, 4.69) is 4.90 Å². The summed E-state index contributed by atoms with van der Waals surface area (Å²) in [6.45, 7) is 5.68. The summed E-state index contributed by atoms with van der Waals surface area (Å²) in [5.41, 5.74) is 0.992. The second-order valence-electron chi connectivity index (χ2n) is 6.31. The van der Waals surface area contributed by atoms with Crippen LogP contribution in [-0.4, -0.2) is 48.6 Å². The summed E-state index contributed by atoms with van der Waals surface area (Å²) in [6, 6.07) is 9.79. The number of anilines is 1. The molecule has 2 aromatic heterocycles. The highest BCUT2D eigenvalue weighted by Crippen LogP contribution is 2.32. The van der Waals surface area contributed by atoms with E-state index in [1.54, 1.807) is 11.3 Å². The zero-order valence-corrected chi connectivity index (χ0v) is 17.4. The van der Waals surface area contributed by atoms with E-state index in [1.807, 2.05) is 42.2 Å². The third-order valence-corrected chi connectivity index (χ3v) is 6.83.